The zero-order chi connectivity index (χ0) is 11.6. The summed E-state index contributed by atoms with van der Waals surface area (Å²) in [6, 6.07) is 0. The van der Waals surface area contributed by atoms with Gasteiger partial charge in [-0.2, -0.15) is 0 Å². The van der Waals surface area contributed by atoms with Gasteiger partial charge in [0.15, 0.2) is 0 Å². The first-order valence-corrected chi connectivity index (χ1v) is 7.25. The lowest BCUT2D eigenvalue weighted by atomic mass is 9.69. The largest absolute Gasteiger partial charge is 0.356 e. The van der Waals surface area contributed by atoms with E-state index >= 15 is 0 Å². The van der Waals surface area contributed by atoms with E-state index in [1.165, 1.54) is 19.3 Å². The number of allylic oxidation sites excluding steroid dienone is 2. The normalized spacial score (nSPS) is 53.1. The van der Waals surface area contributed by atoms with Crippen LogP contribution in [0, 0.1) is 41.4 Å². The van der Waals surface area contributed by atoms with E-state index in [1.807, 2.05) is 6.92 Å². The maximum absolute atomic E-state index is 12.1. The number of hydrogen-bond acceptors (Lipinski definition) is 1. The molecule has 4 aliphatic carbocycles. The number of fused-ring (bicyclic) bond motifs is 9. The van der Waals surface area contributed by atoms with Gasteiger partial charge < -0.3 is 5.32 Å². The summed E-state index contributed by atoms with van der Waals surface area (Å²) in [5.41, 5.74) is 0. The molecule has 1 N–H and O–H groups in total. The summed E-state index contributed by atoms with van der Waals surface area (Å²) >= 11 is 0. The Balaban J connectivity index is 1.59. The highest BCUT2D eigenvalue weighted by atomic mass is 16.1. The lowest BCUT2D eigenvalue weighted by Gasteiger charge is -2.36. The van der Waals surface area contributed by atoms with Gasteiger partial charge in [0.05, 0.1) is 0 Å². The molecule has 0 aromatic rings. The monoisotopic (exact) mass is 231 g/mol. The van der Waals surface area contributed by atoms with Gasteiger partial charge >= 0.3 is 0 Å². The third-order valence-corrected chi connectivity index (χ3v) is 5.96. The first-order chi connectivity index (χ1) is 8.29. The first kappa shape index (κ1) is 10.2. The van der Waals surface area contributed by atoms with Crippen molar-refractivity contribution in [3.8, 4) is 0 Å². The summed E-state index contributed by atoms with van der Waals surface area (Å²) in [4.78, 5) is 12.1. The van der Waals surface area contributed by atoms with Crippen LogP contribution in [0.4, 0.5) is 0 Å². The van der Waals surface area contributed by atoms with Gasteiger partial charge in [-0.25, -0.2) is 0 Å². The molecule has 4 aliphatic rings. The smallest absolute Gasteiger partial charge is 0.223 e. The molecule has 4 rings (SSSR count). The van der Waals surface area contributed by atoms with Crippen molar-refractivity contribution in [2.75, 3.05) is 6.54 Å². The summed E-state index contributed by atoms with van der Waals surface area (Å²) in [7, 11) is 0. The van der Waals surface area contributed by atoms with E-state index < -0.39 is 0 Å². The Morgan fingerprint density at radius 1 is 1.18 bits per heavy atom. The molecule has 0 radical (unpaired) electrons. The van der Waals surface area contributed by atoms with Crippen molar-refractivity contribution in [2.24, 2.45) is 41.4 Å². The highest BCUT2D eigenvalue weighted by Gasteiger charge is 2.61. The standard InChI is InChI=1S/C15H21NO/c1-2-16-15(17)12-7-10-6-11(12)14-9-4-3-8(5-9)13(10)14/h3-4,8-14H,2,5-7H2,1H3,(H,16,17). The molecule has 2 heteroatoms. The molecule has 0 heterocycles. The number of amides is 1. The van der Waals surface area contributed by atoms with Crippen molar-refractivity contribution in [1.29, 1.82) is 0 Å². The summed E-state index contributed by atoms with van der Waals surface area (Å²) in [6.07, 6.45) is 8.82. The summed E-state index contributed by atoms with van der Waals surface area (Å²) in [5, 5.41) is 3.04. The van der Waals surface area contributed by atoms with Gasteiger partial charge in [0.2, 0.25) is 5.91 Å². The quantitative estimate of drug-likeness (QED) is 0.573. The van der Waals surface area contributed by atoms with Crippen LogP contribution in [-0.4, -0.2) is 12.5 Å². The minimum atomic E-state index is 0.338. The zero-order valence-electron chi connectivity index (χ0n) is 10.4. The fraction of sp³-hybridized carbons (Fsp3) is 0.800. The van der Waals surface area contributed by atoms with Crippen LogP contribution in [0.2, 0.25) is 0 Å². The van der Waals surface area contributed by atoms with Crippen LogP contribution in [0.1, 0.15) is 26.2 Å². The van der Waals surface area contributed by atoms with Crippen LogP contribution in [-0.2, 0) is 4.79 Å². The minimum Gasteiger partial charge on any atom is -0.356 e. The molecule has 3 fully saturated rings. The molecule has 4 bridgehead atoms. The van der Waals surface area contributed by atoms with E-state index in [2.05, 4.69) is 17.5 Å². The van der Waals surface area contributed by atoms with Crippen molar-refractivity contribution >= 4 is 5.91 Å². The number of hydrogen-bond donors (Lipinski definition) is 1. The van der Waals surface area contributed by atoms with Gasteiger partial charge in [0.1, 0.15) is 0 Å². The second-order valence-electron chi connectivity index (χ2n) is 6.50. The van der Waals surface area contributed by atoms with Crippen molar-refractivity contribution in [3.05, 3.63) is 12.2 Å². The van der Waals surface area contributed by atoms with E-state index in [-0.39, 0.29) is 0 Å². The van der Waals surface area contributed by atoms with E-state index in [1.54, 1.807) is 0 Å². The Morgan fingerprint density at radius 2 is 1.94 bits per heavy atom. The molecule has 2 nitrogen and oxygen atoms in total. The van der Waals surface area contributed by atoms with Crippen molar-refractivity contribution in [2.45, 2.75) is 26.2 Å². The van der Waals surface area contributed by atoms with Crippen LogP contribution >= 0.6 is 0 Å². The predicted octanol–water partition coefficient (Wildman–Crippen LogP) is 2.22. The van der Waals surface area contributed by atoms with E-state index in [4.69, 9.17) is 0 Å². The molecule has 92 valence electrons. The molecule has 17 heavy (non-hydrogen) atoms. The predicted molar refractivity (Wildman–Crippen MR) is 66.1 cm³/mol. The Kier molecular flexibility index (Phi) is 2.01. The summed E-state index contributed by atoms with van der Waals surface area (Å²) < 4.78 is 0. The van der Waals surface area contributed by atoms with Crippen LogP contribution in [0.3, 0.4) is 0 Å². The minimum absolute atomic E-state index is 0.338. The van der Waals surface area contributed by atoms with Crippen LogP contribution in [0.15, 0.2) is 12.2 Å². The van der Waals surface area contributed by atoms with E-state index in [9.17, 15) is 4.79 Å². The molecule has 0 aromatic carbocycles. The van der Waals surface area contributed by atoms with Crippen molar-refractivity contribution in [3.63, 3.8) is 0 Å². The number of carbonyl (C=O) groups is 1. The second-order valence-corrected chi connectivity index (χ2v) is 6.50. The van der Waals surface area contributed by atoms with E-state index in [0.717, 1.165) is 36.1 Å². The molecule has 0 saturated heterocycles. The van der Waals surface area contributed by atoms with Crippen LogP contribution in [0.25, 0.3) is 0 Å². The van der Waals surface area contributed by atoms with Crippen molar-refractivity contribution in [1.82, 2.24) is 5.32 Å². The Hall–Kier alpha value is -0.790. The molecule has 0 spiro atoms. The zero-order valence-corrected chi connectivity index (χ0v) is 10.4. The summed E-state index contributed by atoms with van der Waals surface area (Å²) in [6.45, 7) is 2.81. The lowest BCUT2D eigenvalue weighted by molar-refractivity contribution is -0.127. The molecule has 1 amide bonds. The van der Waals surface area contributed by atoms with E-state index in [0.29, 0.717) is 17.7 Å². The third kappa shape index (κ3) is 1.19. The average molecular weight is 231 g/mol. The maximum atomic E-state index is 12.1. The van der Waals surface area contributed by atoms with Crippen LogP contribution in [0.5, 0.6) is 0 Å². The van der Waals surface area contributed by atoms with Crippen LogP contribution < -0.4 is 5.32 Å². The van der Waals surface area contributed by atoms with Crippen molar-refractivity contribution < 1.29 is 4.79 Å². The first-order valence-electron chi connectivity index (χ1n) is 7.25. The fourth-order valence-electron chi connectivity index (χ4n) is 5.62. The Labute approximate surface area is 103 Å². The van der Waals surface area contributed by atoms with Gasteiger partial charge in [-0.05, 0) is 61.7 Å². The number of rotatable bonds is 2. The molecule has 7 unspecified atom stereocenters. The Morgan fingerprint density at radius 3 is 2.71 bits per heavy atom. The third-order valence-electron chi connectivity index (χ3n) is 5.96. The molecule has 0 aromatic heterocycles. The molecule has 3 saturated carbocycles. The second kappa shape index (κ2) is 3.37. The molecule has 0 aliphatic heterocycles. The summed E-state index contributed by atoms with van der Waals surface area (Å²) in [5.74, 6) is 5.73. The Bertz CT molecular complexity index is 388. The number of nitrogens with one attached hydrogen (secondary N) is 1. The van der Waals surface area contributed by atoms with Gasteiger partial charge in [0.25, 0.3) is 0 Å². The molecular weight excluding hydrogens is 210 g/mol. The van der Waals surface area contributed by atoms with Gasteiger partial charge in [0, 0.05) is 12.5 Å². The topological polar surface area (TPSA) is 29.1 Å². The van der Waals surface area contributed by atoms with Gasteiger partial charge in [-0.15, -0.1) is 0 Å². The molecule has 7 atom stereocenters. The average Bonchev–Trinajstić information content (AvgIpc) is 3.07. The SMILES string of the molecule is CCNC(=O)C1CC2CC1C1C3C=CC(C3)C21. The highest BCUT2D eigenvalue weighted by molar-refractivity contribution is 5.79. The van der Waals surface area contributed by atoms with Gasteiger partial charge in [-0.3, -0.25) is 4.79 Å². The van der Waals surface area contributed by atoms with Gasteiger partial charge in [-0.1, -0.05) is 12.2 Å². The fourth-order valence-corrected chi connectivity index (χ4v) is 5.62. The number of carbonyl (C=O) groups excluding carboxylic acids is 1. The maximum Gasteiger partial charge on any atom is 0.223 e. The molecular formula is C15H21NO. The lowest BCUT2D eigenvalue weighted by Crippen LogP contribution is -2.39. The highest BCUT2D eigenvalue weighted by Crippen LogP contribution is 2.66.